The van der Waals surface area contributed by atoms with Crippen molar-refractivity contribution in [2.24, 2.45) is 11.7 Å². The molecule has 0 spiro atoms. The number of imidazole rings is 1. The quantitative estimate of drug-likeness (QED) is 0.232. The Morgan fingerprint density at radius 1 is 1.00 bits per heavy atom. The Hall–Kier alpha value is -3.37. The molecule has 39 heavy (non-hydrogen) atoms. The Balaban J connectivity index is 0.000000274. The zero-order valence-corrected chi connectivity index (χ0v) is 25.2. The van der Waals surface area contributed by atoms with Crippen LogP contribution in [0.25, 0.3) is 0 Å². The summed E-state index contributed by atoms with van der Waals surface area (Å²) in [5.41, 5.74) is 14.4. The van der Waals surface area contributed by atoms with Crippen molar-refractivity contribution in [2.75, 3.05) is 14.1 Å². The molecule has 0 bridgehead atoms. The Morgan fingerprint density at radius 2 is 1.62 bits per heavy atom. The number of aryl methyl sites for hydroxylation is 2. The lowest BCUT2D eigenvalue weighted by Crippen LogP contribution is -2.34. The van der Waals surface area contributed by atoms with Crippen molar-refractivity contribution in [3.8, 4) is 0 Å². The van der Waals surface area contributed by atoms with E-state index in [2.05, 4.69) is 102 Å². The number of nitrogens with two attached hydrogens (primary N) is 1. The van der Waals surface area contributed by atoms with E-state index in [9.17, 15) is 0 Å². The lowest BCUT2D eigenvalue weighted by atomic mass is 9.83. The van der Waals surface area contributed by atoms with Gasteiger partial charge in [-0.3, -0.25) is 0 Å². The van der Waals surface area contributed by atoms with E-state index in [-0.39, 0.29) is 5.54 Å². The Labute approximate surface area is 238 Å². The third-order valence-corrected chi connectivity index (χ3v) is 7.22. The topological polar surface area (TPSA) is 47.1 Å². The molecule has 0 saturated carbocycles. The van der Waals surface area contributed by atoms with E-state index in [4.69, 9.17) is 5.73 Å². The molecule has 1 aromatic heterocycles. The van der Waals surface area contributed by atoms with Gasteiger partial charge < -0.3 is 15.2 Å². The highest BCUT2D eigenvalue weighted by Crippen LogP contribution is 2.28. The summed E-state index contributed by atoms with van der Waals surface area (Å²) in [6.07, 6.45) is 9.25. The fourth-order valence-electron chi connectivity index (χ4n) is 4.30. The van der Waals surface area contributed by atoms with Crippen LogP contribution in [-0.4, -0.2) is 34.1 Å². The third kappa shape index (κ3) is 11.5. The number of benzene rings is 2. The van der Waals surface area contributed by atoms with Gasteiger partial charge in [0.15, 0.2) is 0 Å². The molecule has 4 heteroatoms. The van der Waals surface area contributed by atoms with E-state index in [1.165, 1.54) is 28.7 Å². The molecule has 210 valence electrons. The van der Waals surface area contributed by atoms with E-state index < -0.39 is 0 Å². The van der Waals surface area contributed by atoms with Crippen LogP contribution in [0.2, 0.25) is 0 Å². The van der Waals surface area contributed by atoms with Crippen molar-refractivity contribution in [2.45, 2.75) is 71.9 Å². The summed E-state index contributed by atoms with van der Waals surface area (Å²) in [6, 6.07) is 19.2. The average Bonchev–Trinajstić information content (AvgIpc) is 3.29. The molecule has 0 fully saturated rings. The molecular weight excluding hydrogens is 476 g/mol. The Morgan fingerprint density at radius 3 is 2.15 bits per heavy atom. The number of allylic oxidation sites excluding steroid dienone is 2. The first kappa shape index (κ1) is 31.8. The monoisotopic (exact) mass is 526 g/mol. The first-order chi connectivity index (χ1) is 18.4. The highest BCUT2D eigenvalue weighted by molar-refractivity contribution is 5.30. The maximum absolute atomic E-state index is 6.12. The third-order valence-electron chi connectivity index (χ3n) is 7.22. The van der Waals surface area contributed by atoms with Crippen LogP contribution in [0, 0.1) is 12.8 Å². The summed E-state index contributed by atoms with van der Waals surface area (Å²) >= 11 is 0. The van der Waals surface area contributed by atoms with Gasteiger partial charge in [0.2, 0.25) is 0 Å². The number of hydrogen-bond donors (Lipinski definition) is 1. The smallest absolute Gasteiger partial charge is 0.0952 e. The molecule has 0 saturated heterocycles. The Bertz CT molecular complexity index is 1190. The first-order valence-electron chi connectivity index (χ1n) is 13.9. The molecule has 1 heterocycles. The molecule has 3 rings (SSSR count). The van der Waals surface area contributed by atoms with Crippen molar-refractivity contribution < 1.29 is 0 Å². The number of likely N-dealkylation sites (N-methyl/N-ethyl adjacent to an activating group) is 1. The van der Waals surface area contributed by atoms with E-state index in [0.717, 1.165) is 49.2 Å². The second kappa shape index (κ2) is 15.3. The average molecular weight is 527 g/mol. The molecule has 2 N–H and O–H groups in total. The fraction of sp³-hybridized carbons (Fsp3) is 0.400. The summed E-state index contributed by atoms with van der Waals surface area (Å²) in [5.74, 6) is 0.494. The van der Waals surface area contributed by atoms with Gasteiger partial charge in [-0.05, 0) is 76.0 Å². The molecule has 1 atom stereocenters. The predicted molar refractivity (Wildman–Crippen MR) is 169 cm³/mol. The molecule has 0 aliphatic heterocycles. The van der Waals surface area contributed by atoms with Crippen molar-refractivity contribution >= 4 is 0 Å². The molecule has 4 nitrogen and oxygen atoms in total. The largest absolute Gasteiger partial charge is 0.381 e. The van der Waals surface area contributed by atoms with E-state index >= 15 is 0 Å². The Kier molecular flexibility index (Phi) is 12.5. The lowest BCUT2D eigenvalue weighted by molar-refractivity contribution is 0.485. The number of rotatable bonds is 13. The van der Waals surface area contributed by atoms with Crippen LogP contribution < -0.4 is 5.73 Å². The minimum atomic E-state index is -0.298. The zero-order valence-electron chi connectivity index (χ0n) is 25.2. The van der Waals surface area contributed by atoms with Gasteiger partial charge in [0, 0.05) is 44.5 Å². The van der Waals surface area contributed by atoms with Crippen molar-refractivity contribution in [3.63, 3.8) is 0 Å². The van der Waals surface area contributed by atoms with E-state index in [1.807, 2.05) is 41.2 Å². The lowest BCUT2D eigenvalue weighted by Gasteiger charge is -2.26. The van der Waals surface area contributed by atoms with Crippen LogP contribution in [0.5, 0.6) is 0 Å². The van der Waals surface area contributed by atoms with Crippen LogP contribution in [0.1, 0.15) is 62.4 Å². The van der Waals surface area contributed by atoms with Gasteiger partial charge in [-0.15, -0.1) is 0 Å². The molecule has 3 aromatic rings. The molecule has 2 aromatic carbocycles. The van der Waals surface area contributed by atoms with Gasteiger partial charge >= 0.3 is 0 Å². The molecule has 0 amide bonds. The van der Waals surface area contributed by atoms with Gasteiger partial charge in [-0.1, -0.05) is 85.5 Å². The predicted octanol–water partition coefficient (Wildman–Crippen LogP) is 7.74. The van der Waals surface area contributed by atoms with Crippen molar-refractivity contribution in [1.82, 2.24) is 14.5 Å². The maximum Gasteiger partial charge on any atom is 0.0952 e. The molecule has 0 aliphatic rings. The SMILES string of the molecule is C=C(C)C(CCCc1ccccc1)CC(=C)C(C)(C)N.C=C(Cc1ccccc1Cn1cnc(C)c1)N(C)C. The van der Waals surface area contributed by atoms with Gasteiger partial charge in [-0.2, -0.15) is 0 Å². The second-order valence-electron chi connectivity index (χ2n) is 11.5. The fourth-order valence-corrected chi connectivity index (χ4v) is 4.30. The standard InChI is InChI=1S/C19H29N.C16H21N3/c1-15(2)18(14-16(3)19(4,5)20)13-9-12-17-10-7-6-8-11-17;1-13-10-19(12-17-13)11-16-8-6-5-7-15(16)9-14(2)18(3)4/h6-8,10-11,18H,1,3,9,12-14,20H2,2,4-5H3;5-8,10,12H,2,9,11H2,1,3-4H3. The second-order valence-corrected chi connectivity index (χ2v) is 11.5. The number of nitrogens with zero attached hydrogens (tertiary/aromatic N) is 3. The molecule has 0 aliphatic carbocycles. The molecule has 1 unspecified atom stereocenters. The van der Waals surface area contributed by atoms with Crippen molar-refractivity contribution in [3.05, 3.63) is 126 Å². The minimum absolute atomic E-state index is 0.298. The highest BCUT2D eigenvalue weighted by Gasteiger charge is 2.20. The van der Waals surface area contributed by atoms with Gasteiger partial charge in [0.1, 0.15) is 0 Å². The van der Waals surface area contributed by atoms with E-state index in [0.29, 0.717) is 5.92 Å². The summed E-state index contributed by atoms with van der Waals surface area (Å²) < 4.78 is 2.12. The van der Waals surface area contributed by atoms with Crippen molar-refractivity contribution in [1.29, 1.82) is 0 Å². The summed E-state index contributed by atoms with van der Waals surface area (Å²) in [5, 5.41) is 0. The summed E-state index contributed by atoms with van der Waals surface area (Å²) in [4.78, 5) is 6.34. The first-order valence-corrected chi connectivity index (χ1v) is 13.9. The summed E-state index contributed by atoms with van der Waals surface area (Å²) in [6.45, 7) is 21.4. The normalized spacial score (nSPS) is 11.8. The van der Waals surface area contributed by atoms with Crippen LogP contribution in [0.15, 0.2) is 104 Å². The van der Waals surface area contributed by atoms with Crippen LogP contribution in [0.4, 0.5) is 0 Å². The van der Waals surface area contributed by atoms with Crippen LogP contribution in [-0.2, 0) is 19.4 Å². The van der Waals surface area contributed by atoms with Crippen LogP contribution in [0.3, 0.4) is 0 Å². The summed E-state index contributed by atoms with van der Waals surface area (Å²) in [7, 11) is 4.06. The molecule has 0 radical (unpaired) electrons. The van der Waals surface area contributed by atoms with Gasteiger partial charge in [0.05, 0.1) is 12.0 Å². The molecular formula is C35H50N4. The minimum Gasteiger partial charge on any atom is -0.381 e. The zero-order chi connectivity index (χ0) is 29.0. The van der Waals surface area contributed by atoms with E-state index in [1.54, 1.807) is 0 Å². The maximum atomic E-state index is 6.12. The number of aromatic nitrogens is 2. The number of hydrogen-bond acceptors (Lipinski definition) is 3. The van der Waals surface area contributed by atoms with Gasteiger partial charge in [0.25, 0.3) is 0 Å². The highest BCUT2D eigenvalue weighted by atomic mass is 15.1. The van der Waals surface area contributed by atoms with Gasteiger partial charge in [-0.25, -0.2) is 4.98 Å². The van der Waals surface area contributed by atoms with Crippen LogP contribution >= 0.6 is 0 Å².